The lowest BCUT2D eigenvalue weighted by Crippen LogP contribution is -2.57. The van der Waals surface area contributed by atoms with Crippen LogP contribution in [0.3, 0.4) is 0 Å². The summed E-state index contributed by atoms with van der Waals surface area (Å²) < 4.78 is 7.61. The molecule has 2 aliphatic heterocycles. The maximum atomic E-state index is 7.61. The van der Waals surface area contributed by atoms with E-state index in [0.29, 0.717) is 5.92 Å². The summed E-state index contributed by atoms with van der Waals surface area (Å²) in [6.45, 7) is 36.1. The molecule has 5 aliphatic rings. The number of para-hydroxylation sites is 2. The molecule has 378 valence electrons. The second-order valence-corrected chi connectivity index (χ2v) is 27.7. The average molecular weight is 976 g/mol. The highest BCUT2D eigenvalue weighted by Crippen LogP contribution is 2.60. The van der Waals surface area contributed by atoms with Crippen molar-refractivity contribution in [2.75, 3.05) is 14.7 Å². The fourth-order valence-corrected chi connectivity index (χ4v) is 13.9. The van der Waals surface area contributed by atoms with Crippen LogP contribution >= 0.6 is 0 Å². The van der Waals surface area contributed by atoms with Crippen LogP contribution in [-0.2, 0) is 21.7 Å². The Labute approximate surface area is 443 Å². The van der Waals surface area contributed by atoms with E-state index >= 15 is 0 Å². The second kappa shape index (κ2) is 16.4. The minimum atomic E-state index is -0.111. The smallest absolute Gasteiger partial charge is 0.293 e. The van der Waals surface area contributed by atoms with Crippen molar-refractivity contribution in [1.82, 2.24) is 0 Å². The van der Waals surface area contributed by atoms with E-state index in [1.807, 2.05) is 0 Å². The van der Waals surface area contributed by atoms with Crippen molar-refractivity contribution >= 4 is 74.3 Å². The summed E-state index contributed by atoms with van der Waals surface area (Å²) in [6.07, 6.45) is 8.39. The Morgan fingerprint density at radius 1 is 0.568 bits per heavy atom. The van der Waals surface area contributed by atoms with Gasteiger partial charge in [-0.05, 0) is 184 Å². The molecule has 0 N–H and O–H groups in total. The van der Waals surface area contributed by atoms with Gasteiger partial charge < -0.3 is 19.1 Å². The van der Waals surface area contributed by atoms with Crippen molar-refractivity contribution < 1.29 is 4.42 Å². The van der Waals surface area contributed by atoms with E-state index in [9.17, 15) is 0 Å². The Kier molecular flexibility index (Phi) is 10.8. The number of rotatable bonds is 5. The number of allylic oxidation sites excluding steroid dienone is 3. The Hall–Kier alpha value is -6.20. The predicted octanol–water partition coefficient (Wildman–Crippen LogP) is 18.3. The van der Waals surface area contributed by atoms with Crippen molar-refractivity contribution in [3.63, 3.8) is 0 Å². The minimum Gasteiger partial charge on any atom is -0.468 e. The fraction of sp³-hybridized carbons (Fsp3) is 0.391. The average Bonchev–Trinajstić information content (AvgIpc) is 3.73. The first-order valence-electron chi connectivity index (χ1n) is 27.8. The molecule has 1 unspecified atom stereocenters. The largest absolute Gasteiger partial charge is 0.468 e. The summed E-state index contributed by atoms with van der Waals surface area (Å²) in [4.78, 5) is 7.82. The highest BCUT2D eigenvalue weighted by Gasteiger charge is 2.54. The molecule has 4 nitrogen and oxygen atoms in total. The van der Waals surface area contributed by atoms with E-state index in [0.717, 1.165) is 41.1 Å². The highest BCUT2D eigenvalue weighted by atomic mass is 16.3. The van der Waals surface area contributed by atoms with Crippen molar-refractivity contribution in [3.8, 4) is 0 Å². The van der Waals surface area contributed by atoms with Gasteiger partial charge in [0.2, 0.25) is 0 Å². The van der Waals surface area contributed by atoms with E-state index < -0.39 is 0 Å². The Balaban J connectivity index is 1.25. The van der Waals surface area contributed by atoms with Crippen molar-refractivity contribution in [1.29, 1.82) is 0 Å². The fourth-order valence-electron chi connectivity index (χ4n) is 13.9. The number of nitrogens with zero attached hydrogens (tertiary/aromatic N) is 3. The predicted molar refractivity (Wildman–Crippen MR) is 317 cm³/mol. The molecule has 0 saturated heterocycles. The molecule has 1 aromatic heterocycles. The third kappa shape index (κ3) is 7.59. The number of furan rings is 1. The molecular weight excluding hydrogens is 898 g/mol. The summed E-state index contributed by atoms with van der Waals surface area (Å²) in [5, 5.41) is 1.17. The van der Waals surface area contributed by atoms with Crippen LogP contribution in [-0.4, -0.2) is 6.71 Å². The molecule has 0 amide bonds. The van der Waals surface area contributed by atoms with Crippen LogP contribution in [0.1, 0.15) is 157 Å². The SMILES string of the molecule is Cc1cc(C(C)(C)C)ccc1N1c2cc(N(c3ccccc3)c3ccccc3)cc3c2B(C2=C(C=C4C(C2)C(C)(C)CCC4(C)C)N3c2ccc3c(c2)C(C)(C)CCC3(C)C)c2oc3ccc(C(C)(C)C)cc3c21. The zero-order valence-corrected chi connectivity index (χ0v) is 47.1. The zero-order chi connectivity index (χ0) is 52.2. The van der Waals surface area contributed by atoms with E-state index in [1.54, 1.807) is 5.57 Å². The summed E-state index contributed by atoms with van der Waals surface area (Å²) in [5.74, 6) is 0.400. The maximum Gasteiger partial charge on any atom is 0.293 e. The number of benzene rings is 6. The lowest BCUT2D eigenvalue weighted by atomic mass is 9.32. The number of anilines is 8. The first-order chi connectivity index (χ1) is 34.8. The Morgan fingerprint density at radius 3 is 1.77 bits per heavy atom. The molecule has 3 aliphatic carbocycles. The van der Waals surface area contributed by atoms with Crippen LogP contribution in [0.25, 0.3) is 11.0 Å². The van der Waals surface area contributed by atoms with Gasteiger partial charge in [-0.3, -0.25) is 0 Å². The molecule has 3 heterocycles. The lowest BCUT2D eigenvalue weighted by Gasteiger charge is -2.53. The van der Waals surface area contributed by atoms with Crippen LogP contribution in [0.15, 0.2) is 155 Å². The second-order valence-electron chi connectivity index (χ2n) is 27.7. The van der Waals surface area contributed by atoms with Gasteiger partial charge in [0.05, 0.1) is 17.0 Å². The zero-order valence-electron chi connectivity index (χ0n) is 47.1. The molecule has 5 heteroatoms. The van der Waals surface area contributed by atoms with Crippen LogP contribution in [0.5, 0.6) is 0 Å². The standard InChI is InChI=1S/C69H78BN3O/c1-43-36-44(64(2,3)4)26-30-56(43)73-59-40-49(71(46-22-18-16-19-23-46)47-24-20-17-21-25-47)39-58-61(59)70(63-62(73)50-37-45(65(5,6)7)27-31-60(50)74-63)55-41-53-54(69(14,15)35-34-68(53,12)13)42-57(55)72(58)48-28-29-51-52(38-48)67(10,11)33-32-66(51,8)9/h16-31,36-40,42,53H,32-35,41H2,1-15H3. The normalized spacial score (nSPS) is 20.1. The van der Waals surface area contributed by atoms with Crippen LogP contribution in [0, 0.1) is 23.7 Å². The summed E-state index contributed by atoms with van der Waals surface area (Å²) in [7, 11) is 0. The van der Waals surface area contributed by atoms with Crippen LogP contribution in [0.2, 0.25) is 0 Å². The number of hydrogen-bond donors (Lipinski definition) is 0. The molecule has 1 saturated carbocycles. The molecule has 12 rings (SSSR count). The molecule has 7 aromatic rings. The van der Waals surface area contributed by atoms with Crippen molar-refractivity contribution in [3.05, 3.63) is 178 Å². The van der Waals surface area contributed by atoms with Gasteiger partial charge in [0.25, 0.3) is 6.71 Å². The lowest BCUT2D eigenvalue weighted by molar-refractivity contribution is 0.122. The van der Waals surface area contributed by atoms with Gasteiger partial charge in [-0.1, -0.05) is 169 Å². The van der Waals surface area contributed by atoms with E-state index in [2.05, 4.69) is 252 Å². The van der Waals surface area contributed by atoms with Crippen LogP contribution in [0.4, 0.5) is 45.5 Å². The van der Waals surface area contributed by atoms with Gasteiger partial charge in [-0.2, -0.15) is 0 Å². The number of aryl methyl sites for hydroxylation is 1. The van der Waals surface area contributed by atoms with Gasteiger partial charge in [-0.15, -0.1) is 0 Å². The van der Waals surface area contributed by atoms with Gasteiger partial charge >= 0.3 is 0 Å². The molecule has 0 spiro atoms. The van der Waals surface area contributed by atoms with Gasteiger partial charge in [0, 0.05) is 45.2 Å². The van der Waals surface area contributed by atoms with Gasteiger partial charge in [-0.25, -0.2) is 0 Å². The van der Waals surface area contributed by atoms with E-state index in [-0.39, 0.29) is 39.2 Å². The van der Waals surface area contributed by atoms with Gasteiger partial charge in [0.1, 0.15) is 5.58 Å². The number of hydrogen-bond acceptors (Lipinski definition) is 4. The molecule has 6 aromatic carbocycles. The molecule has 0 bridgehead atoms. The third-order valence-electron chi connectivity index (χ3n) is 18.7. The molecule has 74 heavy (non-hydrogen) atoms. The molecule has 1 atom stereocenters. The monoisotopic (exact) mass is 976 g/mol. The van der Waals surface area contributed by atoms with E-state index in [4.69, 9.17) is 4.42 Å². The van der Waals surface area contributed by atoms with Crippen molar-refractivity contribution in [2.24, 2.45) is 16.7 Å². The minimum absolute atomic E-state index is 0.00676. The number of fused-ring (bicyclic) bond motifs is 7. The molecule has 1 fully saturated rings. The Morgan fingerprint density at radius 2 is 1.15 bits per heavy atom. The van der Waals surface area contributed by atoms with Gasteiger partial charge in [0.15, 0.2) is 0 Å². The van der Waals surface area contributed by atoms with E-state index in [1.165, 1.54) is 97.5 Å². The van der Waals surface area contributed by atoms with Crippen molar-refractivity contribution in [2.45, 2.75) is 158 Å². The first-order valence-corrected chi connectivity index (χ1v) is 27.8. The molecular formula is C69H78BN3O. The Bertz CT molecular complexity index is 3440. The summed E-state index contributed by atoms with van der Waals surface area (Å²) in [5.41, 5.74) is 24.1. The molecule has 0 radical (unpaired) electrons. The topological polar surface area (TPSA) is 22.9 Å². The summed E-state index contributed by atoms with van der Waals surface area (Å²) >= 11 is 0. The highest BCUT2D eigenvalue weighted by molar-refractivity contribution is 6.94. The quantitative estimate of drug-likeness (QED) is 0.160. The third-order valence-corrected chi connectivity index (χ3v) is 18.7. The maximum absolute atomic E-state index is 7.61. The van der Waals surface area contributed by atoms with Crippen LogP contribution < -0.4 is 25.8 Å². The summed E-state index contributed by atoms with van der Waals surface area (Å²) in [6, 6.07) is 48.8. The first kappa shape index (κ1) is 48.7.